The number of unbranched alkanes of at least 4 members (excludes halogenated alkanes) is 1. The van der Waals surface area contributed by atoms with E-state index < -0.39 is 0 Å². The number of allylic oxidation sites excluding steroid dienone is 1. The highest BCUT2D eigenvalue weighted by Crippen LogP contribution is 2.11. The van der Waals surface area contributed by atoms with Crippen molar-refractivity contribution in [2.45, 2.75) is 32.4 Å². The molecule has 0 aromatic heterocycles. The minimum Gasteiger partial charge on any atom is -0.497 e. The molecular weight excluding hydrogens is 406 g/mol. The minimum atomic E-state index is -0.325. The van der Waals surface area contributed by atoms with Gasteiger partial charge >= 0.3 is 0 Å². The SMILES string of the molecule is C=CCCCC(=O)N(CC(=O)NCc1ccccc1)CC(=O)NCc1ccc(OC)cc1. The maximum Gasteiger partial charge on any atom is 0.239 e. The van der Waals surface area contributed by atoms with Gasteiger partial charge in [0.25, 0.3) is 0 Å². The molecular formula is C25H31N3O4. The van der Waals surface area contributed by atoms with Crippen LogP contribution in [0.25, 0.3) is 0 Å². The Morgan fingerprint density at radius 2 is 1.47 bits per heavy atom. The van der Waals surface area contributed by atoms with Crippen LogP contribution in [0.1, 0.15) is 30.4 Å². The predicted molar refractivity (Wildman–Crippen MR) is 124 cm³/mol. The van der Waals surface area contributed by atoms with Gasteiger partial charge in [0.2, 0.25) is 17.7 Å². The van der Waals surface area contributed by atoms with Gasteiger partial charge in [-0.1, -0.05) is 48.5 Å². The Kier molecular flexibility index (Phi) is 10.5. The number of methoxy groups -OCH3 is 1. The van der Waals surface area contributed by atoms with Crippen molar-refractivity contribution in [1.29, 1.82) is 0 Å². The first-order chi connectivity index (χ1) is 15.5. The second-order valence-electron chi connectivity index (χ2n) is 7.32. The fourth-order valence-corrected chi connectivity index (χ4v) is 2.99. The third kappa shape index (κ3) is 9.04. The van der Waals surface area contributed by atoms with E-state index in [4.69, 9.17) is 4.74 Å². The van der Waals surface area contributed by atoms with E-state index in [0.717, 1.165) is 16.9 Å². The molecule has 0 bridgehead atoms. The Labute approximate surface area is 189 Å². The normalized spacial score (nSPS) is 10.2. The van der Waals surface area contributed by atoms with Crippen LogP contribution >= 0.6 is 0 Å². The number of nitrogens with zero attached hydrogens (tertiary/aromatic N) is 1. The standard InChI is InChI=1S/C25H31N3O4/c1-3-4-6-11-25(31)28(18-23(29)26-16-20-9-7-5-8-10-20)19-24(30)27-17-21-12-14-22(32-2)15-13-21/h3,5,7-10,12-15H,1,4,6,11,16-19H2,2H3,(H,26,29)(H,27,30). The molecule has 2 aromatic carbocycles. The first-order valence-electron chi connectivity index (χ1n) is 10.6. The molecule has 2 rings (SSSR count). The zero-order valence-corrected chi connectivity index (χ0v) is 18.5. The van der Waals surface area contributed by atoms with Gasteiger partial charge in [-0.05, 0) is 36.1 Å². The van der Waals surface area contributed by atoms with Crippen LogP contribution in [0, 0.1) is 0 Å². The van der Waals surface area contributed by atoms with Gasteiger partial charge in [-0.2, -0.15) is 0 Å². The van der Waals surface area contributed by atoms with E-state index in [1.807, 2.05) is 54.6 Å². The van der Waals surface area contributed by atoms with Crippen LogP contribution in [0.5, 0.6) is 5.75 Å². The average Bonchev–Trinajstić information content (AvgIpc) is 2.82. The van der Waals surface area contributed by atoms with Crippen molar-refractivity contribution in [2.75, 3.05) is 20.2 Å². The number of nitrogens with one attached hydrogen (secondary N) is 2. The fourth-order valence-electron chi connectivity index (χ4n) is 2.99. The van der Waals surface area contributed by atoms with Crippen molar-refractivity contribution in [3.63, 3.8) is 0 Å². The van der Waals surface area contributed by atoms with Gasteiger partial charge in [0, 0.05) is 19.5 Å². The second-order valence-corrected chi connectivity index (χ2v) is 7.32. The summed E-state index contributed by atoms with van der Waals surface area (Å²) in [6.07, 6.45) is 3.32. The van der Waals surface area contributed by atoms with Crippen LogP contribution < -0.4 is 15.4 Å². The zero-order chi connectivity index (χ0) is 23.2. The van der Waals surface area contributed by atoms with Crippen LogP contribution in [0.15, 0.2) is 67.3 Å². The van der Waals surface area contributed by atoms with Crippen LogP contribution in [0.3, 0.4) is 0 Å². The molecule has 0 aliphatic rings. The van der Waals surface area contributed by atoms with E-state index >= 15 is 0 Å². The second kappa shape index (κ2) is 13.6. The summed E-state index contributed by atoms with van der Waals surface area (Å²) in [5, 5.41) is 5.60. The van der Waals surface area contributed by atoms with Crippen molar-refractivity contribution < 1.29 is 19.1 Å². The number of hydrogen-bond donors (Lipinski definition) is 2. The number of amides is 3. The average molecular weight is 438 g/mol. The van der Waals surface area contributed by atoms with Crippen molar-refractivity contribution >= 4 is 17.7 Å². The van der Waals surface area contributed by atoms with E-state index in [-0.39, 0.29) is 37.2 Å². The van der Waals surface area contributed by atoms with Gasteiger partial charge in [-0.25, -0.2) is 0 Å². The molecule has 2 N–H and O–H groups in total. The predicted octanol–water partition coefficient (Wildman–Crippen LogP) is 2.81. The van der Waals surface area contributed by atoms with Gasteiger partial charge in [-0.3, -0.25) is 14.4 Å². The summed E-state index contributed by atoms with van der Waals surface area (Å²) in [6.45, 7) is 3.99. The van der Waals surface area contributed by atoms with Crippen molar-refractivity contribution in [3.05, 3.63) is 78.4 Å². The molecule has 2 aromatic rings. The monoisotopic (exact) mass is 437 g/mol. The molecule has 0 saturated carbocycles. The first kappa shape index (κ1) is 24.7. The summed E-state index contributed by atoms with van der Waals surface area (Å²) in [6, 6.07) is 16.8. The quantitative estimate of drug-likeness (QED) is 0.373. The third-order valence-corrected chi connectivity index (χ3v) is 4.80. The highest BCUT2D eigenvalue weighted by atomic mass is 16.5. The number of ether oxygens (including phenoxy) is 1. The van der Waals surface area contributed by atoms with Crippen LogP contribution in [0.4, 0.5) is 0 Å². The molecule has 0 atom stereocenters. The van der Waals surface area contributed by atoms with E-state index in [2.05, 4.69) is 17.2 Å². The van der Waals surface area contributed by atoms with E-state index in [1.54, 1.807) is 13.2 Å². The Hall–Kier alpha value is -3.61. The molecule has 0 spiro atoms. The van der Waals surface area contributed by atoms with E-state index in [1.165, 1.54) is 4.90 Å². The summed E-state index contributed by atoms with van der Waals surface area (Å²) in [5.74, 6) is -0.137. The molecule has 0 unspecified atom stereocenters. The molecule has 0 aliphatic carbocycles. The lowest BCUT2D eigenvalue weighted by Crippen LogP contribution is -2.45. The minimum absolute atomic E-state index is 0.171. The van der Waals surface area contributed by atoms with Gasteiger partial charge in [0.1, 0.15) is 18.8 Å². The first-order valence-corrected chi connectivity index (χ1v) is 10.6. The lowest BCUT2D eigenvalue weighted by Gasteiger charge is -2.22. The zero-order valence-electron chi connectivity index (χ0n) is 18.5. The Bertz CT molecular complexity index is 882. The van der Waals surface area contributed by atoms with Crippen molar-refractivity contribution in [1.82, 2.24) is 15.5 Å². The molecule has 0 aliphatic heterocycles. The molecule has 3 amide bonds. The van der Waals surface area contributed by atoms with Gasteiger partial charge < -0.3 is 20.3 Å². The number of rotatable bonds is 13. The van der Waals surface area contributed by atoms with Crippen LogP contribution in [0.2, 0.25) is 0 Å². The lowest BCUT2D eigenvalue weighted by atomic mass is 10.2. The number of carbonyl (C=O) groups excluding carboxylic acids is 3. The lowest BCUT2D eigenvalue weighted by molar-refractivity contribution is -0.139. The van der Waals surface area contributed by atoms with E-state index in [9.17, 15) is 14.4 Å². The Morgan fingerprint density at radius 3 is 2.00 bits per heavy atom. The van der Waals surface area contributed by atoms with Gasteiger partial charge in [-0.15, -0.1) is 6.58 Å². The Morgan fingerprint density at radius 1 is 0.906 bits per heavy atom. The highest BCUT2D eigenvalue weighted by molar-refractivity contribution is 5.89. The number of benzene rings is 2. The summed E-state index contributed by atoms with van der Waals surface area (Å²) < 4.78 is 5.12. The molecule has 170 valence electrons. The van der Waals surface area contributed by atoms with Gasteiger partial charge in [0.05, 0.1) is 7.11 Å². The summed E-state index contributed by atoms with van der Waals surface area (Å²) in [7, 11) is 1.59. The van der Waals surface area contributed by atoms with Crippen molar-refractivity contribution in [2.24, 2.45) is 0 Å². The number of hydrogen-bond acceptors (Lipinski definition) is 4. The summed E-state index contributed by atoms with van der Waals surface area (Å²) >= 11 is 0. The largest absolute Gasteiger partial charge is 0.497 e. The summed E-state index contributed by atoms with van der Waals surface area (Å²) in [5.41, 5.74) is 1.87. The molecule has 7 nitrogen and oxygen atoms in total. The smallest absolute Gasteiger partial charge is 0.239 e. The fraction of sp³-hybridized carbons (Fsp3) is 0.320. The topological polar surface area (TPSA) is 87.7 Å². The van der Waals surface area contributed by atoms with Gasteiger partial charge in [0.15, 0.2) is 0 Å². The molecule has 0 heterocycles. The Balaban J connectivity index is 1.90. The molecule has 32 heavy (non-hydrogen) atoms. The summed E-state index contributed by atoms with van der Waals surface area (Å²) in [4.78, 5) is 38.8. The maximum absolute atomic E-state index is 12.6. The van der Waals surface area contributed by atoms with Crippen LogP contribution in [-0.2, 0) is 27.5 Å². The maximum atomic E-state index is 12.6. The highest BCUT2D eigenvalue weighted by Gasteiger charge is 2.19. The van der Waals surface area contributed by atoms with Crippen molar-refractivity contribution in [3.8, 4) is 5.75 Å². The van der Waals surface area contributed by atoms with Crippen LogP contribution in [-0.4, -0.2) is 42.8 Å². The third-order valence-electron chi connectivity index (χ3n) is 4.80. The van der Waals surface area contributed by atoms with E-state index in [0.29, 0.717) is 25.9 Å². The number of carbonyl (C=O) groups is 3. The molecule has 0 radical (unpaired) electrons. The molecule has 0 fully saturated rings. The molecule has 7 heteroatoms. The molecule has 0 saturated heterocycles.